The van der Waals surface area contributed by atoms with Gasteiger partial charge in [0.1, 0.15) is 0 Å². The van der Waals surface area contributed by atoms with Gasteiger partial charge in [0.2, 0.25) is 0 Å². The van der Waals surface area contributed by atoms with E-state index < -0.39 is 5.41 Å². The summed E-state index contributed by atoms with van der Waals surface area (Å²) in [5.41, 5.74) is 15.2. The molecule has 0 saturated carbocycles. The first-order valence-electron chi connectivity index (χ1n) is 21.5. The van der Waals surface area contributed by atoms with Crippen LogP contribution >= 0.6 is 0 Å². The van der Waals surface area contributed by atoms with E-state index >= 15 is 0 Å². The summed E-state index contributed by atoms with van der Waals surface area (Å²) in [7, 11) is 0. The first kappa shape index (κ1) is 35.9. The van der Waals surface area contributed by atoms with E-state index in [2.05, 4.69) is 254 Å². The van der Waals surface area contributed by atoms with Crippen LogP contribution in [0.1, 0.15) is 22.3 Å². The monoisotopic (exact) mass is 787 g/mol. The van der Waals surface area contributed by atoms with Crippen molar-refractivity contribution in [2.75, 3.05) is 4.90 Å². The van der Waals surface area contributed by atoms with E-state index in [1.807, 2.05) is 0 Å². The second-order valence-corrected chi connectivity index (χ2v) is 16.3. The predicted molar refractivity (Wildman–Crippen MR) is 262 cm³/mol. The Morgan fingerprint density at radius 3 is 1.55 bits per heavy atom. The number of nitrogens with zero attached hydrogens (tertiary/aromatic N) is 1. The van der Waals surface area contributed by atoms with Crippen LogP contribution in [0.15, 0.2) is 249 Å². The van der Waals surface area contributed by atoms with E-state index in [0.29, 0.717) is 0 Å². The molecule has 0 heterocycles. The second kappa shape index (κ2) is 14.6. The summed E-state index contributed by atoms with van der Waals surface area (Å²) in [6.07, 6.45) is 0. The molecule has 11 aromatic carbocycles. The highest BCUT2D eigenvalue weighted by Crippen LogP contribution is 2.60. The molecule has 0 atom stereocenters. The van der Waals surface area contributed by atoms with Crippen molar-refractivity contribution in [2.45, 2.75) is 5.41 Å². The minimum atomic E-state index is -0.534. The molecule has 0 N–H and O–H groups in total. The summed E-state index contributed by atoms with van der Waals surface area (Å²) < 4.78 is 0. The number of fused-ring (bicyclic) bond motifs is 7. The molecule has 0 amide bonds. The lowest BCUT2D eigenvalue weighted by atomic mass is 9.68. The van der Waals surface area contributed by atoms with Crippen LogP contribution in [0.3, 0.4) is 0 Å². The Labute approximate surface area is 362 Å². The Kier molecular flexibility index (Phi) is 8.47. The van der Waals surface area contributed by atoms with E-state index in [1.165, 1.54) is 76.8 Å². The summed E-state index contributed by atoms with van der Waals surface area (Å²) in [5.74, 6) is 0. The largest absolute Gasteiger partial charge is 0.309 e. The molecule has 1 aliphatic rings. The van der Waals surface area contributed by atoms with Gasteiger partial charge in [-0.2, -0.15) is 0 Å². The Bertz CT molecular complexity index is 3430. The van der Waals surface area contributed by atoms with Gasteiger partial charge in [0.15, 0.2) is 0 Å². The molecule has 290 valence electrons. The fraction of sp³-hybridized carbons (Fsp3) is 0.0164. The SMILES string of the molecule is c1ccc(C2(c3ccccc3)c3ccccc3-c3c(N(c4ccccc4-c4cccc(-c5cccc6ccccc56)c4)c4cc5ccccc5c5ccccc45)cccc32)cc1. The molecule has 1 heteroatoms. The van der Waals surface area contributed by atoms with E-state index in [-0.39, 0.29) is 0 Å². The molecule has 11 aromatic rings. The Hall–Kier alpha value is -8.00. The maximum atomic E-state index is 2.57. The van der Waals surface area contributed by atoms with Gasteiger partial charge in [-0.1, -0.05) is 224 Å². The van der Waals surface area contributed by atoms with Crippen molar-refractivity contribution in [3.8, 4) is 33.4 Å². The van der Waals surface area contributed by atoms with Gasteiger partial charge in [-0.25, -0.2) is 0 Å². The number of benzene rings is 11. The normalized spacial score (nSPS) is 12.6. The van der Waals surface area contributed by atoms with E-state index in [0.717, 1.165) is 28.2 Å². The van der Waals surface area contributed by atoms with Gasteiger partial charge in [0.25, 0.3) is 0 Å². The van der Waals surface area contributed by atoms with Crippen LogP contribution in [0.5, 0.6) is 0 Å². The lowest BCUT2D eigenvalue weighted by molar-refractivity contribution is 0.768. The van der Waals surface area contributed by atoms with Gasteiger partial charge in [-0.15, -0.1) is 0 Å². The van der Waals surface area contributed by atoms with Crippen molar-refractivity contribution < 1.29 is 0 Å². The van der Waals surface area contributed by atoms with Crippen molar-refractivity contribution >= 4 is 49.4 Å². The average molecular weight is 788 g/mol. The van der Waals surface area contributed by atoms with Gasteiger partial charge in [0, 0.05) is 16.5 Å². The number of rotatable bonds is 7. The number of hydrogen-bond acceptors (Lipinski definition) is 1. The lowest BCUT2D eigenvalue weighted by Crippen LogP contribution is -2.28. The molecule has 0 unspecified atom stereocenters. The first-order valence-corrected chi connectivity index (χ1v) is 21.5. The summed E-state index contributed by atoms with van der Waals surface area (Å²) in [6, 6.07) is 91.8. The summed E-state index contributed by atoms with van der Waals surface area (Å²) in [5, 5.41) is 7.38. The van der Waals surface area contributed by atoms with Gasteiger partial charge in [0.05, 0.1) is 22.5 Å². The minimum Gasteiger partial charge on any atom is -0.309 e. The Balaban J connectivity index is 1.18. The van der Waals surface area contributed by atoms with E-state index in [1.54, 1.807) is 0 Å². The zero-order chi connectivity index (χ0) is 41.0. The highest BCUT2D eigenvalue weighted by atomic mass is 15.1. The second-order valence-electron chi connectivity index (χ2n) is 16.3. The van der Waals surface area contributed by atoms with Crippen molar-refractivity contribution in [2.24, 2.45) is 0 Å². The molecule has 12 rings (SSSR count). The van der Waals surface area contributed by atoms with Crippen LogP contribution in [-0.2, 0) is 5.41 Å². The van der Waals surface area contributed by atoms with Gasteiger partial charge in [-0.05, 0) is 95.7 Å². The van der Waals surface area contributed by atoms with E-state index in [9.17, 15) is 0 Å². The molecule has 0 fully saturated rings. The van der Waals surface area contributed by atoms with Crippen LogP contribution in [0.25, 0.3) is 65.7 Å². The lowest BCUT2D eigenvalue weighted by Gasteiger charge is -2.35. The van der Waals surface area contributed by atoms with Crippen LogP contribution in [-0.4, -0.2) is 0 Å². The zero-order valence-electron chi connectivity index (χ0n) is 34.1. The fourth-order valence-electron chi connectivity index (χ4n) is 10.5. The van der Waals surface area contributed by atoms with Crippen molar-refractivity contribution in [1.29, 1.82) is 0 Å². The van der Waals surface area contributed by atoms with Crippen molar-refractivity contribution in [3.05, 3.63) is 271 Å². The molecule has 0 bridgehead atoms. The molecule has 62 heavy (non-hydrogen) atoms. The quantitative estimate of drug-likeness (QED) is 0.145. The molecular weight excluding hydrogens is 747 g/mol. The summed E-state index contributed by atoms with van der Waals surface area (Å²) in [6.45, 7) is 0. The fourth-order valence-corrected chi connectivity index (χ4v) is 10.5. The Morgan fingerprint density at radius 2 is 0.774 bits per heavy atom. The predicted octanol–water partition coefficient (Wildman–Crippen LogP) is 16.3. The topological polar surface area (TPSA) is 3.24 Å². The third-order valence-electron chi connectivity index (χ3n) is 13.1. The van der Waals surface area contributed by atoms with E-state index in [4.69, 9.17) is 0 Å². The van der Waals surface area contributed by atoms with Crippen LogP contribution in [0, 0.1) is 0 Å². The zero-order valence-corrected chi connectivity index (χ0v) is 34.1. The molecule has 0 radical (unpaired) electrons. The van der Waals surface area contributed by atoms with Crippen LogP contribution in [0.2, 0.25) is 0 Å². The number of para-hydroxylation sites is 1. The number of hydrogen-bond donors (Lipinski definition) is 0. The minimum absolute atomic E-state index is 0.534. The van der Waals surface area contributed by atoms with Crippen LogP contribution in [0.4, 0.5) is 17.1 Å². The molecule has 1 nitrogen and oxygen atoms in total. The summed E-state index contributed by atoms with van der Waals surface area (Å²) in [4.78, 5) is 2.57. The average Bonchev–Trinajstić information content (AvgIpc) is 3.66. The molecule has 0 aromatic heterocycles. The Morgan fingerprint density at radius 1 is 0.274 bits per heavy atom. The molecule has 1 aliphatic carbocycles. The van der Waals surface area contributed by atoms with Gasteiger partial charge in [-0.3, -0.25) is 0 Å². The summed E-state index contributed by atoms with van der Waals surface area (Å²) >= 11 is 0. The molecule has 0 saturated heterocycles. The maximum Gasteiger partial charge on any atom is 0.0714 e. The first-order chi connectivity index (χ1) is 30.8. The van der Waals surface area contributed by atoms with Crippen LogP contribution < -0.4 is 4.90 Å². The molecular formula is C61H41N. The highest BCUT2D eigenvalue weighted by molar-refractivity contribution is 6.16. The van der Waals surface area contributed by atoms with Gasteiger partial charge < -0.3 is 4.90 Å². The smallest absolute Gasteiger partial charge is 0.0714 e. The van der Waals surface area contributed by atoms with Crippen molar-refractivity contribution in [3.63, 3.8) is 0 Å². The standard InChI is InChI=1S/C61H41N/c1-3-25-46(26-4-1)61(47-27-5-2-6-28-47)55-36-15-13-34-54(55)60-56(61)37-19-39-58(60)62(59-41-45-21-8-10-30-50(45)52-32-11-12-33-53(52)59)57-38-16-14-31-51(57)44-24-17-23-43(40-44)49-35-18-22-42-20-7-9-29-48(42)49/h1-41H. The maximum absolute atomic E-state index is 2.57. The van der Waals surface area contributed by atoms with Crippen molar-refractivity contribution in [1.82, 2.24) is 0 Å². The molecule has 0 spiro atoms. The van der Waals surface area contributed by atoms with Gasteiger partial charge >= 0.3 is 0 Å². The third kappa shape index (κ3) is 5.49. The molecule has 0 aliphatic heterocycles. The number of anilines is 3. The third-order valence-corrected chi connectivity index (χ3v) is 13.1. The highest BCUT2D eigenvalue weighted by Gasteiger charge is 2.47.